The number of aryl methyl sites for hydroxylation is 1. The number of fused-ring (bicyclic) bond motifs is 1. The number of carbonyl (C=O) groups excluding carboxylic acids is 2. The Balaban J connectivity index is 1.37. The van der Waals surface area contributed by atoms with Gasteiger partial charge in [-0.2, -0.15) is 0 Å². The zero-order valence-electron chi connectivity index (χ0n) is 17.4. The van der Waals surface area contributed by atoms with Gasteiger partial charge in [-0.1, -0.05) is 18.2 Å². The molecule has 2 aromatic heterocycles. The van der Waals surface area contributed by atoms with Gasteiger partial charge in [0, 0.05) is 41.9 Å². The molecule has 0 aliphatic heterocycles. The van der Waals surface area contributed by atoms with Crippen LogP contribution in [0.1, 0.15) is 17.9 Å². The highest BCUT2D eigenvalue weighted by molar-refractivity contribution is 5.87. The first-order valence-corrected chi connectivity index (χ1v) is 10.2. The Labute approximate surface area is 183 Å². The van der Waals surface area contributed by atoms with Gasteiger partial charge in [-0.05, 0) is 35.9 Å². The van der Waals surface area contributed by atoms with Crippen LogP contribution in [0.5, 0.6) is 0 Å². The Bertz CT molecular complexity index is 1230. The summed E-state index contributed by atoms with van der Waals surface area (Å²) in [7, 11) is 1.29. The lowest BCUT2D eigenvalue weighted by Crippen LogP contribution is -2.43. The predicted molar refractivity (Wildman–Crippen MR) is 116 cm³/mol. The molecule has 0 saturated heterocycles. The molecule has 4 aromatic rings. The van der Waals surface area contributed by atoms with Crippen molar-refractivity contribution in [2.75, 3.05) is 7.11 Å². The van der Waals surface area contributed by atoms with Crippen molar-refractivity contribution in [1.82, 2.24) is 15.3 Å². The number of H-pyrrole nitrogens is 1. The third kappa shape index (κ3) is 4.85. The molecule has 0 bridgehead atoms. The zero-order valence-corrected chi connectivity index (χ0v) is 17.4. The molecule has 32 heavy (non-hydrogen) atoms. The second-order valence-electron chi connectivity index (χ2n) is 7.33. The number of carbonyl (C=O) groups is 2. The number of hydrogen-bond acceptors (Lipinski definition) is 5. The van der Waals surface area contributed by atoms with Crippen molar-refractivity contribution in [3.63, 3.8) is 0 Å². The average molecular weight is 435 g/mol. The topological polar surface area (TPSA) is 97.2 Å². The highest BCUT2D eigenvalue weighted by Crippen LogP contribution is 2.22. The van der Waals surface area contributed by atoms with Crippen LogP contribution in [0.4, 0.5) is 4.39 Å². The smallest absolute Gasteiger partial charge is 0.328 e. The van der Waals surface area contributed by atoms with Crippen molar-refractivity contribution >= 4 is 22.8 Å². The summed E-state index contributed by atoms with van der Waals surface area (Å²) in [6, 6.07) is 12.8. The summed E-state index contributed by atoms with van der Waals surface area (Å²) in [5.74, 6) is -0.295. The van der Waals surface area contributed by atoms with Gasteiger partial charge in [-0.25, -0.2) is 14.2 Å². The fourth-order valence-electron chi connectivity index (χ4n) is 3.52. The van der Waals surface area contributed by atoms with Crippen molar-refractivity contribution < 1.29 is 23.1 Å². The summed E-state index contributed by atoms with van der Waals surface area (Å²) in [6.07, 6.45) is 4.01. The Morgan fingerprint density at radius 3 is 2.75 bits per heavy atom. The standard InChI is InChI=1S/C24H22FN3O4/c1-31-24(30)20(12-16-13-26-19-5-3-2-4-18(16)19)28-22(29)10-11-23-27-14-21(32-23)15-6-8-17(25)9-7-15/h2-9,13-14,20,26H,10-12H2,1H3,(H,28,29). The lowest BCUT2D eigenvalue weighted by Gasteiger charge is -2.16. The van der Waals surface area contributed by atoms with E-state index in [0.29, 0.717) is 23.6 Å². The number of aromatic nitrogens is 2. The average Bonchev–Trinajstić information content (AvgIpc) is 3.45. The first-order valence-electron chi connectivity index (χ1n) is 10.2. The Hall–Kier alpha value is -3.94. The normalized spacial score (nSPS) is 11.9. The number of nitrogens with one attached hydrogen (secondary N) is 2. The molecule has 0 radical (unpaired) electrons. The summed E-state index contributed by atoms with van der Waals surface area (Å²) in [6.45, 7) is 0. The number of benzene rings is 2. The van der Waals surface area contributed by atoms with Crippen LogP contribution in [-0.2, 0) is 27.2 Å². The molecule has 0 fully saturated rings. The van der Waals surface area contributed by atoms with Gasteiger partial charge in [0.25, 0.3) is 0 Å². The number of amides is 1. The Morgan fingerprint density at radius 1 is 1.19 bits per heavy atom. The van der Waals surface area contributed by atoms with Crippen molar-refractivity contribution in [3.05, 3.63) is 78.2 Å². The molecule has 1 amide bonds. The van der Waals surface area contributed by atoms with E-state index in [1.807, 2.05) is 30.5 Å². The van der Waals surface area contributed by atoms with Crippen molar-refractivity contribution in [1.29, 1.82) is 0 Å². The highest BCUT2D eigenvalue weighted by atomic mass is 19.1. The van der Waals surface area contributed by atoms with Crippen LogP contribution in [0.2, 0.25) is 0 Å². The summed E-state index contributed by atoms with van der Waals surface area (Å²) in [5, 5.41) is 3.74. The molecule has 2 heterocycles. The molecule has 0 aliphatic carbocycles. The van der Waals surface area contributed by atoms with Crippen LogP contribution in [-0.4, -0.2) is 35.0 Å². The van der Waals surface area contributed by atoms with Gasteiger partial charge in [0.05, 0.1) is 13.3 Å². The third-order valence-electron chi connectivity index (χ3n) is 5.17. The molecule has 1 atom stereocenters. The zero-order chi connectivity index (χ0) is 22.5. The first-order chi connectivity index (χ1) is 15.5. The van der Waals surface area contributed by atoms with Gasteiger partial charge in [-0.15, -0.1) is 0 Å². The van der Waals surface area contributed by atoms with E-state index in [0.717, 1.165) is 16.5 Å². The summed E-state index contributed by atoms with van der Waals surface area (Å²) >= 11 is 0. The van der Waals surface area contributed by atoms with E-state index in [1.54, 1.807) is 12.1 Å². The van der Waals surface area contributed by atoms with Crippen LogP contribution in [0.15, 0.2) is 65.3 Å². The quantitative estimate of drug-likeness (QED) is 0.411. The van der Waals surface area contributed by atoms with E-state index in [9.17, 15) is 14.0 Å². The molecule has 0 aliphatic rings. The number of esters is 1. The largest absolute Gasteiger partial charge is 0.467 e. The first kappa shape index (κ1) is 21.3. The second kappa shape index (κ2) is 9.47. The molecule has 2 aromatic carbocycles. The molecule has 4 rings (SSSR count). The minimum absolute atomic E-state index is 0.0880. The van der Waals surface area contributed by atoms with E-state index < -0.39 is 12.0 Å². The van der Waals surface area contributed by atoms with Gasteiger partial charge in [0.2, 0.25) is 5.91 Å². The van der Waals surface area contributed by atoms with Crippen LogP contribution in [0.25, 0.3) is 22.2 Å². The third-order valence-corrected chi connectivity index (χ3v) is 5.17. The molecule has 164 valence electrons. The summed E-state index contributed by atoms with van der Waals surface area (Å²) in [4.78, 5) is 32.1. The van der Waals surface area contributed by atoms with Crippen molar-refractivity contribution in [3.8, 4) is 11.3 Å². The number of ether oxygens (including phenoxy) is 1. The lowest BCUT2D eigenvalue weighted by atomic mass is 10.0. The number of rotatable bonds is 8. The summed E-state index contributed by atoms with van der Waals surface area (Å²) < 4.78 is 23.6. The number of nitrogens with zero attached hydrogens (tertiary/aromatic N) is 1. The van der Waals surface area contributed by atoms with Crippen LogP contribution < -0.4 is 5.32 Å². The monoisotopic (exact) mass is 435 g/mol. The molecular weight excluding hydrogens is 413 g/mol. The SMILES string of the molecule is COC(=O)C(Cc1c[nH]c2ccccc12)NC(=O)CCc1ncc(-c2ccc(F)cc2)o1. The van der Waals surface area contributed by atoms with Gasteiger partial charge < -0.3 is 19.5 Å². The lowest BCUT2D eigenvalue weighted by molar-refractivity contribution is -0.145. The van der Waals surface area contributed by atoms with E-state index >= 15 is 0 Å². The molecule has 1 unspecified atom stereocenters. The second-order valence-corrected chi connectivity index (χ2v) is 7.33. The van der Waals surface area contributed by atoms with E-state index in [-0.39, 0.29) is 24.6 Å². The van der Waals surface area contributed by atoms with Gasteiger partial charge in [0.15, 0.2) is 11.7 Å². The van der Waals surface area contributed by atoms with E-state index in [1.165, 1.54) is 25.4 Å². The number of aromatic amines is 1. The molecule has 7 nitrogen and oxygen atoms in total. The van der Waals surface area contributed by atoms with Crippen LogP contribution in [0.3, 0.4) is 0 Å². The highest BCUT2D eigenvalue weighted by Gasteiger charge is 2.23. The van der Waals surface area contributed by atoms with Gasteiger partial charge >= 0.3 is 5.97 Å². The minimum atomic E-state index is -0.814. The predicted octanol–water partition coefficient (Wildman–Crippen LogP) is 3.80. The maximum absolute atomic E-state index is 13.1. The number of halogens is 1. The number of methoxy groups -OCH3 is 1. The maximum Gasteiger partial charge on any atom is 0.328 e. The fraction of sp³-hybridized carbons (Fsp3) is 0.208. The molecule has 0 spiro atoms. The van der Waals surface area contributed by atoms with Crippen molar-refractivity contribution in [2.24, 2.45) is 0 Å². The van der Waals surface area contributed by atoms with E-state index in [2.05, 4.69) is 15.3 Å². The van der Waals surface area contributed by atoms with E-state index in [4.69, 9.17) is 9.15 Å². The van der Waals surface area contributed by atoms with Crippen molar-refractivity contribution in [2.45, 2.75) is 25.3 Å². The molecular formula is C24H22FN3O4. The Kier molecular flexibility index (Phi) is 6.30. The van der Waals surface area contributed by atoms with Crippen LogP contribution >= 0.6 is 0 Å². The molecule has 2 N–H and O–H groups in total. The maximum atomic E-state index is 13.1. The molecule has 0 saturated carbocycles. The van der Waals surface area contributed by atoms with Gasteiger partial charge in [0.1, 0.15) is 11.9 Å². The number of oxazole rings is 1. The number of hydrogen-bond donors (Lipinski definition) is 2. The fourth-order valence-corrected chi connectivity index (χ4v) is 3.52. The summed E-state index contributed by atoms with van der Waals surface area (Å²) in [5.41, 5.74) is 2.56. The van der Waals surface area contributed by atoms with Gasteiger partial charge in [-0.3, -0.25) is 4.79 Å². The van der Waals surface area contributed by atoms with Crippen LogP contribution in [0, 0.1) is 5.82 Å². The Morgan fingerprint density at radius 2 is 1.97 bits per heavy atom. The number of para-hydroxylation sites is 1. The molecule has 8 heteroatoms. The minimum Gasteiger partial charge on any atom is -0.467 e.